The first-order chi connectivity index (χ1) is 15.8. The largest absolute Gasteiger partial charge is 0.481 e. The predicted molar refractivity (Wildman–Crippen MR) is 125 cm³/mol. The third kappa shape index (κ3) is 13.0. The second-order valence-electron chi connectivity index (χ2n) is 8.14. The minimum Gasteiger partial charge on any atom is -0.481 e. The highest BCUT2D eigenvalue weighted by atomic mass is 32.2. The van der Waals surface area contributed by atoms with Crippen LogP contribution in [0.2, 0.25) is 0 Å². The van der Waals surface area contributed by atoms with Crippen LogP contribution in [-0.2, 0) is 28.8 Å². The fourth-order valence-electron chi connectivity index (χ4n) is 2.86. The summed E-state index contributed by atoms with van der Waals surface area (Å²) in [7, 11) is 0. The molecule has 0 aliphatic carbocycles. The van der Waals surface area contributed by atoms with Gasteiger partial charge in [0.05, 0.1) is 12.5 Å². The van der Waals surface area contributed by atoms with Crippen LogP contribution in [0.5, 0.6) is 0 Å². The summed E-state index contributed by atoms with van der Waals surface area (Å²) in [6.07, 6.45) is 1.05. The molecule has 0 aromatic rings. The minimum atomic E-state index is -1.38. The number of primary amides is 1. The first kappa shape index (κ1) is 31.1. The highest BCUT2D eigenvalue weighted by molar-refractivity contribution is 7.98. The van der Waals surface area contributed by atoms with Gasteiger partial charge in [-0.05, 0) is 37.2 Å². The van der Waals surface area contributed by atoms with Crippen LogP contribution in [-0.4, -0.2) is 82.0 Å². The van der Waals surface area contributed by atoms with Crippen molar-refractivity contribution in [1.82, 2.24) is 16.0 Å². The first-order valence-corrected chi connectivity index (χ1v) is 12.1. The topological polar surface area (TPSA) is 231 Å². The van der Waals surface area contributed by atoms with Crippen molar-refractivity contribution >= 4 is 47.3 Å². The number of rotatable bonds is 17. The maximum absolute atomic E-state index is 12.9. The Bertz CT molecular complexity index is 748. The fraction of sp³-hybridized carbons (Fsp3) is 0.700. The lowest BCUT2D eigenvalue weighted by Gasteiger charge is -2.26. The van der Waals surface area contributed by atoms with Crippen LogP contribution in [0.3, 0.4) is 0 Å². The monoisotopic (exact) mass is 505 g/mol. The molecule has 4 amide bonds. The molecule has 13 nitrogen and oxygen atoms in total. The standard InChI is InChI=1S/C20H35N5O8S/c1-10(2)8-14(25-17(29)11(21)9-16(27)28)19(31)23-12(6-7-34-3)18(30)24-13(20(32)33)4-5-15(22)26/h10-14H,4-9,21H2,1-3H3,(H2,22,26)(H,23,31)(H,24,30)(H,25,29)(H,27,28)(H,32,33). The molecule has 0 aromatic heterocycles. The number of amides is 4. The van der Waals surface area contributed by atoms with Crippen LogP contribution < -0.4 is 27.4 Å². The number of carbonyl (C=O) groups excluding carboxylic acids is 4. The van der Waals surface area contributed by atoms with E-state index in [2.05, 4.69) is 16.0 Å². The van der Waals surface area contributed by atoms with Gasteiger partial charge in [0.2, 0.25) is 23.6 Å². The highest BCUT2D eigenvalue weighted by Gasteiger charge is 2.31. The Kier molecular flexibility index (Phi) is 14.5. The zero-order valence-corrected chi connectivity index (χ0v) is 20.4. The lowest BCUT2D eigenvalue weighted by molar-refractivity contribution is -0.142. The van der Waals surface area contributed by atoms with Gasteiger partial charge in [0, 0.05) is 6.42 Å². The maximum atomic E-state index is 12.9. The summed E-state index contributed by atoms with van der Waals surface area (Å²) in [6, 6.07) is -4.96. The van der Waals surface area contributed by atoms with E-state index in [4.69, 9.17) is 16.6 Å². The molecule has 0 aliphatic heterocycles. The average molecular weight is 506 g/mol. The SMILES string of the molecule is CSCCC(NC(=O)C(CC(C)C)NC(=O)C(N)CC(=O)O)C(=O)NC(CCC(N)=O)C(=O)O. The summed E-state index contributed by atoms with van der Waals surface area (Å²) in [5, 5.41) is 25.4. The summed E-state index contributed by atoms with van der Waals surface area (Å²) < 4.78 is 0. The van der Waals surface area contributed by atoms with Crippen molar-refractivity contribution in [3.05, 3.63) is 0 Å². The van der Waals surface area contributed by atoms with Crippen molar-refractivity contribution < 1.29 is 39.0 Å². The molecule has 0 bridgehead atoms. The van der Waals surface area contributed by atoms with Gasteiger partial charge < -0.3 is 37.6 Å². The van der Waals surface area contributed by atoms with Crippen LogP contribution in [0.4, 0.5) is 0 Å². The van der Waals surface area contributed by atoms with Gasteiger partial charge in [0.15, 0.2) is 0 Å². The van der Waals surface area contributed by atoms with E-state index in [0.29, 0.717) is 5.75 Å². The van der Waals surface area contributed by atoms with Gasteiger partial charge in [0.25, 0.3) is 0 Å². The summed E-state index contributed by atoms with van der Waals surface area (Å²) in [5.41, 5.74) is 10.6. The molecule has 34 heavy (non-hydrogen) atoms. The number of nitrogens with one attached hydrogen (secondary N) is 3. The lowest BCUT2D eigenvalue weighted by Crippen LogP contribution is -2.57. The molecule has 0 heterocycles. The molecule has 0 fully saturated rings. The molecular formula is C20H35N5O8S. The van der Waals surface area contributed by atoms with Crippen molar-refractivity contribution in [2.24, 2.45) is 17.4 Å². The Labute approximate surface area is 202 Å². The Morgan fingerprint density at radius 3 is 1.85 bits per heavy atom. The number of aliphatic carboxylic acids is 2. The summed E-state index contributed by atoms with van der Waals surface area (Å²) in [5.74, 6) is -5.23. The van der Waals surface area contributed by atoms with Crippen LogP contribution in [0.15, 0.2) is 0 Å². The van der Waals surface area contributed by atoms with Crippen molar-refractivity contribution in [3.8, 4) is 0 Å². The highest BCUT2D eigenvalue weighted by Crippen LogP contribution is 2.09. The molecule has 0 radical (unpaired) electrons. The predicted octanol–water partition coefficient (Wildman–Crippen LogP) is -1.61. The van der Waals surface area contributed by atoms with Crippen LogP contribution >= 0.6 is 11.8 Å². The smallest absolute Gasteiger partial charge is 0.326 e. The Hall–Kier alpha value is -2.87. The molecule has 4 unspecified atom stereocenters. The number of carboxylic acids is 2. The van der Waals surface area contributed by atoms with Crippen molar-refractivity contribution in [1.29, 1.82) is 0 Å². The number of carboxylic acid groups (broad SMARTS) is 2. The number of thioether (sulfide) groups is 1. The van der Waals surface area contributed by atoms with E-state index in [-0.39, 0.29) is 31.6 Å². The van der Waals surface area contributed by atoms with Crippen molar-refractivity contribution in [2.75, 3.05) is 12.0 Å². The van der Waals surface area contributed by atoms with Gasteiger partial charge >= 0.3 is 11.9 Å². The summed E-state index contributed by atoms with van der Waals surface area (Å²) >= 11 is 1.40. The van der Waals surface area contributed by atoms with Crippen LogP contribution in [0.1, 0.15) is 46.0 Å². The van der Waals surface area contributed by atoms with Gasteiger partial charge in [-0.15, -0.1) is 0 Å². The quantitative estimate of drug-likeness (QED) is 0.119. The Morgan fingerprint density at radius 2 is 1.38 bits per heavy atom. The second kappa shape index (κ2) is 15.9. The Morgan fingerprint density at radius 1 is 0.853 bits per heavy atom. The van der Waals surface area contributed by atoms with E-state index < -0.39 is 66.2 Å². The van der Waals surface area contributed by atoms with E-state index in [1.165, 1.54) is 11.8 Å². The van der Waals surface area contributed by atoms with Crippen molar-refractivity contribution in [3.63, 3.8) is 0 Å². The molecule has 4 atom stereocenters. The van der Waals surface area contributed by atoms with E-state index in [1.807, 2.05) is 0 Å². The fourth-order valence-corrected chi connectivity index (χ4v) is 3.33. The third-order valence-corrected chi connectivity index (χ3v) is 5.25. The van der Waals surface area contributed by atoms with Gasteiger partial charge in [-0.25, -0.2) is 4.79 Å². The van der Waals surface area contributed by atoms with Gasteiger partial charge in [-0.3, -0.25) is 24.0 Å². The zero-order valence-electron chi connectivity index (χ0n) is 19.5. The van der Waals surface area contributed by atoms with E-state index in [9.17, 15) is 33.9 Å². The van der Waals surface area contributed by atoms with Gasteiger partial charge in [0.1, 0.15) is 18.1 Å². The molecule has 0 saturated heterocycles. The van der Waals surface area contributed by atoms with E-state index in [1.54, 1.807) is 20.1 Å². The molecule has 0 saturated carbocycles. The minimum absolute atomic E-state index is 0.0459. The van der Waals surface area contributed by atoms with Gasteiger partial charge in [-0.2, -0.15) is 11.8 Å². The lowest BCUT2D eigenvalue weighted by atomic mass is 10.0. The number of nitrogens with two attached hydrogens (primary N) is 2. The van der Waals surface area contributed by atoms with E-state index >= 15 is 0 Å². The molecule has 0 aliphatic rings. The summed E-state index contributed by atoms with van der Waals surface area (Å²) in [4.78, 5) is 71.1. The molecule has 0 rings (SSSR count). The number of carbonyl (C=O) groups is 6. The molecule has 0 spiro atoms. The van der Waals surface area contributed by atoms with E-state index in [0.717, 1.165) is 0 Å². The molecular weight excluding hydrogens is 470 g/mol. The normalized spacial score (nSPS) is 14.4. The third-order valence-electron chi connectivity index (χ3n) is 4.61. The van der Waals surface area contributed by atoms with Crippen LogP contribution in [0.25, 0.3) is 0 Å². The Balaban J connectivity index is 5.47. The van der Waals surface area contributed by atoms with Crippen molar-refractivity contribution in [2.45, 2.75) is 70.1 Å². The number of hydrogen-bond acceptors (Lipinski definition) is 8. The molecule has 9 N–H and O–H groups in total. The zero-order chi connectivity index (χ0) is 26.4. The molecule has 0 aromatic carbocycles. The molecule has 194 valence electrons. The van der Waals surface area contributed by atoms with Gasteiger partial charge in [-0.1, -0.05) is 13.8 Å². The van der Waals surface area contributed by atoms with Crippen LogP contribution in [0, 0.1) is 5.92 Å². The number of hydrogen-bond donors (Lipinski definition) is 7. The first-order valence-electron chi connectivity index (χ1n) is 10.7. The molecule has 14 heteroatoms. The maximum Gasteiger partial charge on any atom is 0.326 e. The second-order valence-corrected chi connectivity index (χ2v) is 9.13. The average Bonchev–Trinajstić information content (AvgIpc) is 2.71. The summed E-state index contributed by atoms with van der Waals surface area (Å²) in [6.45, 7) is 3.61.